The number of amides is 1. The number of aliphatic hydroxyl groups is 1. The van der Waals surface area contributed by atoms with Gasteiger partial charge in [-0.1, -0.05) is 54.9 Å². The Hall–Kier alpha value is -1.47. The number of nitrogens with zero attached hydrogens (tertiary/aromatic N) is 1. The van der Waals surface area contributed by atoms with E-state index in [1.165, 1.54) is 23.3 Å². The molecule has 1 fully saturated rings. The predicted octanol–water partition coefficient (Wildman–Crippen LogP) is 6.37. The van der Waals surface area contributed by atoms with Crippen LogP contribution in [0.5, 0.6) is 0 Å². The van der Waals surface area contributed by atoms with Gasteiger partial charge in [0.2, 0.25) is 0 Å². The average Bonchev–Trinajstić information content (AvgIpc) is 3.51. The first-order valence-corrected chi connectivity index (χ1v) is 14.8. The van der Waals surface area contributed by atoms with Crippen LogP contribution in [0.3, 0.4) is 0 Å². The molecule has 1 N–H and O–H groups in total. The van der Waals surface area contributed by atoms with Crippen LogP contribution in [0.15, 0.2) is 40.9 Å². The van der Waals surface area contributed by atoms with Crippen LogP contribution < -0.4 is 4.90 Å². The molecule has 6 heteroatoms. The second kappa shape index (κ2) is 8.14. The number of aliphatic hydroxyl groups excluding tert-OH is 1. The number of fused-ring (bicyclic) bond motifs is 1. The Bertz CT molecular complexity index is 1010. The van der Waals surface area contributed by atoms with Gasteiger partial charge in [-0.05, 0) is 66.2 Å². The topological polar surface area (TPSA) is 49.8 Å². The summed E-state index contributed by atoms with van der Waals surface area (Å²) in [5, 5.41) is 11.1. The first-order chi connectivity index (χ1) is 14.5. The van der Waals surface area contributed by atoms with Gasteiger partial charge in [-0.25, -0.2) is 0 Å². The molecule has 1 amide bonds. The highest BCUT2D eigenvalue weighted by molar-refractivity contribution is 9.10. The second-order valence-electron chi connectivity index (χ2n) is 10.3. The van der Waals surface area contributed by atoms with Gasteiger partial charge in [-0.15, -0.1) is 0 Å². The van der Waals surface area contributed by atoms with Gasteiger partial charge in [0.15, 0.2) is 8.32 Å². The van der Waals surface area contributed by atoms with Crippen LogP contribution in [-0.2, 0) is 17.5 Å². The van der Waals surface area contributed by atoms with Gasteiger partial charge in [0.1, 0.15) is 6.23 Å². The fraction of sp³-hybridized carbons (Fsp3) is 0.480. The van der Waals surface area contributed by atoms with Crippen LogP contribution >= 0.6 is 15.9 Å². The van der Waals surface area contributed by atoms with E-state index in [0.29, 0.717) is 30.2 Å². The van der Waals surface area contributed by atoms with Crippen molar-refractivity contribution in [2.24, 2.45) is 0 Å². The Morgan fingerprint density at radius 2 is 1.90 bits per heavy atom. The Balaban J connectivity index is 1.66. The molecule has 4 nitrogen and oxygen atoms in total. The number of carbonyl (C=O) groups is 1. The third kappa shape index (κ3) is 4.40. The van der Waals surface area contributed by atoms with Crippen molar-refractivity contribution >= 4 is 35.8 Å². The van der Waals surface area contributed by atoms with E-state index in [-0.39, 0.29) is 10.9 Å². The minimum Gasteiger partial charge on any atom is -0.412 e. The number of carbonyl (C=O) groups excluding carboxylic acids is 1. The zero-order valence-corrected chi connectivity index (χ0v) is 21.6. The maximum atomic E-state index is 13.5. The van der Waals surface area contributed by atoms with E-state index >= 15 is 0 Å². The van der Waals surface area contributed by atoms with Gasteiger partial charge in [0.05, 0.1) is 12.3 Å². The number of halogens is 1. The number of hydrogen-bond donors (Lipinski definition) is 1. The van der Waals surface area contributed by atoms with E-state index < -0.39 is 14.5 Å². The normalized spacial score (nSPS) is 19.5. The summed E-state index contributed by atoms with van der Waals surface area (Å²) in [6, 6.07) is 11.9. The van der Waals surface area contributed by atoms with Crippen molar-refractivity contribution in [1.82, 2.24) is 0 Å². The van der Waals surface area contributed by atoms with Crippen molar-refractivity contribution in [1.29, 1.82) is 0 Å². The molecule has 0 bridgehead atoms. The highest BCUT2D eigenvalue weighted by atomic mass is 79.9. The van der Waals surface area contributed by atoms with Gasteiger partial charge in [-0.3, -0.25) is 9.69 Å². The Labute approximate surface area is 194 Å². The van der Waals surface area contributed by atoms with Gasteiger partial charge < -0.3 is 9.53 Å². The molecule has 4 rings (SSSR count). The molecule has 1 aliphatic carbocycles. The van der Waals surface area contributed by atoms with Crippen molar-refractivity contribution in [3.8, 4) is 0 Å². The van der Waals surface area contributed by atoms with Crippen LogP contribution in [-0.4, -0.2) is 25.6 Å². The maximum Gasteiger partial charge on any atom is 0.260 e. The standard InChI is InChI=1S/C25H32BrNO3Si/c1-25(2,3)31(4,5)30-15-20-21(26)7-6-8-22(20)27-23(28)14-18-13-17(16-9-10-16)11-12-19(18)24(27)29/h6-8,11-13,16,23,28H,9-10,14-15H2,1-5H3. The SMILES string of the molecule is CC(C)(C)[Si](C)(C)OCc1c(Br)cccc1N1C(=O)c2ccc(C3CC3)cc2CC1O. The minimum atomic E-state index is -1.97. The molecule has 31 heavy (non-hydrogen) atoms. The zero-order chi connectivity index (χ0) is 22.6. The van der Waals surface area contributed by atoms with Crippen LogP contribution in [0.2, 0.25) is 18.1 Å². The van der Waals surface area contributed by atoms with E-state index in [1.54, 1.807) is 0 Å². The van der Waals surface area contributed by atoms with Crippen LogP contribution in [0, 0.1) is 0 Å². The summed E-state index contributed by atoms with van der Waals surface area (Å²) < 4.78 is 7.36. The lowest BCUT2D eigenvalue weighted by molar-refractivity contribution is 0.0859. The van der Waals surface area contributed by atoms with E-state index in [9.17, 15) is 9.90 Å². The highest BCUT2D eigenvalue weighted by Crippen LogP contribution is 2.42. The van der Waals surface area contributed by atoms with Gasteiger partial charge in [0, 0.05) is 22.0 Å². The molecule has 1 atom stereocenters. The predicted molar refractivity (Wildman–Crippen MR) is 131 cm³/mol. The number of anilines is 1. The van der Waals surface area contributed by atoms with Gasteiger partial charge in [0.25, 0.3) is 5.91 Å². The molecule has 1 unspecified atom stereocenters. The van der Waals surface area contributed by atoms with Crippen molar-refractivity contribution in [2.45, 2.75) is 76.9 Å². The van der Waals surface area contributed by atoms with Gasteiger partial charge >= 0.3 is 0 Å². The second-order valence-corrected chi connectivity index (χ2v) is 16.0. The lowest BCUT2D eigenvalue weighted by atomic mass is 9.93. The molecular formula is C25H32BrNO3Si. The lowest BCUT2D eigenvalue weighted by Crippen LogP contribution is -2.46. The summed E-state index contributed by atoms with van der Waals surface area (Å²) in [5.41, 5.74) is 4.54. The maximum absolute atomic E-state index is 13.5. The fourth-order valence-corrected chi connectivity index (χ4v) is 5.28. The molecule has 0 saturated heterocycles. The monoisotopic (exact) mass is 501 g/mol. The summed E-state index contributed by atoms with van der Waals surface area (Å²) in [6.45, 7) is 11.5. The molecule has 2 aliphatic rings. The Morgan fingerprint density at radius 1 is 1.19 bits per heavy atom. The van der Waals surface area contributed by atoms with E-state index in [1.807, 2.05) is 24.3 Å². The van der Waals surface area contributed by atoms with Crippen LogP contribution in [0.25, 0.3) is 0 Å². The molecule has 166 valence electrons. The lowest BCUT2D eigenvalue weighted by Gasteiger charge is -2.38. The number of rotatable bonds is 5. The average molecular weight is 503 g/mol. The van der Waals surface area contributed by atoms with Crippen molar-refractivity contribution in [3.05, 3.63) is 63.1 Å². The number of benzene rings is 2. The first kappa shape index (κ1) is 22.7. The quantitative estimate of drug-likeness (QED) is 0.484. The van der Waals surface area contributed by atoms with E-state index in [4.69, 9.17) is 4.43 Å². The van der Waals surface area contributed by atoms with Crippen LogP contribution in [0.1, 0.15) is 66.6 Å². The summed E-state index contributed by atoms with van der Waals surface area (Å²) in [6.07, 6.45) is 1.99. The largest absolute Gasteiger partial charge is 0.412 e. The molecular weight excluding hydrogens is 470 g/mol. The molecule has 0 spiro atoms. The summed E-state index contributed by atoms with van der Waals surface area (Å²) in [7, 11) is -1.97. The zero-order valence-electron chi connectivity index (χ0n) is 19.0. The fourth-order valence-electron chi connectivity index (χ4n) is 3.87. The molecule has 0 aromatic heterocycles. The molecule has 1 heterocycles. The third-order valence-corrected chi connectivity index (χ3v) is 12.3. The summed E-state index contributed by atoms with van der Waals surface area (Å²) in [5.74, 6) is 0.475. The third-order valence-electron chi connectivity index (χ3n) is 7.06. The molecule has 0 radical (unpaired) electrons. The van der Waals surface area contributed by atoms with Crippen molar-refractivity contribution in [2.75, 3.05) is 4.90 Å². The highest BCUT2D eigenvalue weighted by Gasteiger charge is 2.39. The van der Waals surface area contributed by atoms with Crippen LogP contribution in [0.4, 0.5) is 5.69 Å². The number of hydrogen-bond acceptors (Lipinski definition) is 3. The molecule has 2 aromatic rings. The van der Waals surface area contributed by atoms with E-state index in [2.05, 4.69) is 61.9 Å². The molecule has 1 aliphatic heterocycles. The Morgan fingerprint density at radius 3 is 2.55 bits per heavy atom. The van der Waals surface area contributed by atoms with Gasteiger partial charge in [-0.2, -0.15) is 0 Å². The first-order valence-electron chi connectivity index (χ1n) is 11.1. The van der Waals surface area contributed by atoms with Crippen molar-refractivity contribution < 1.29 is 14.3 Å². The smallest absolute Gasteiger partial charge is 0.260 e. The van der Waals surface area contributed by atoms with E-state index in [0.717, 1.165) is 15.6 Å². The molecule has 2 aromatic carbocycles. The molecule has 1 saturated carbocycles. The summed E-state index contributed by atoms with van der Waals surface area (Å²) in [4.78, 5) is 15.0. The minimum absolute atomic E-state index is 0.0904. The van der Waals surface area contributed by atoms with Crippen molar-refractivity contribution in [3.63, 3.8) is 0 Å². The Kier molecular flexibility index (Phi) is 5.96. The summed E-state index contributed by atoms with van der Waals surface area (Å²) >= 11 is 3.65.